The number of hydrogen-bond acceptors (Lipinski definition) is 5. The topological polar surface area (TPSA) is 77.8 Å². The van der Waals surface area contributed by atoms with Gasteiger partial charge in [0.1, 0.15) is 0 Å². The van der Waals surface area contributed by atoms with Crippen molar-refractivity contribution in [1.29, 1.82) is 0 Å². The summed E-state index contributed by atoms with van der Waals surface area (Å²) >= 11 is 0. The van der Waals surface area contributed by atoms with Gasteiger partial charge in [0.25, 0.3) is 0 Å². The normalized spacial score (nSPS) is 17.0. The fourth-order valence-corrected chi connectivity index (χ4v) is 1.84. The maximum atomic E-state index is 6.02. The minimum absolute atomic E-state index is 0.150. The zero-order chi connectivity index (χ0) is 11.7. The van der Waals surface area contributed by atoms with Crippen molar-refractivity contribution < 1.29 is 4.52 Å². The van der Waals surface area contributed by atoms with Crippen LogP contribution in [-0.4, -0.2) is 21.2 Å². The number of nitrogens with two attached hydrogens (primary N) is 1. The van der Waals surface area contributed by atoms with E-state index in [0.29, 0.717) is 24.1 Å². The molecule has 5 heteroatoms. The second-order valence-corrected chi connectivity index (χ2v) is 4.46. The first-order valence-corrected chi connectivity index (χ1v) is 5.81. The predicted molar refractivity (Wildman–Crippen MR) is 61.9 cm³/mol. The summed E-state index contributed by atoms with van der Waals surface area (Å²) in [5, 5.41) is 3.94. The third-order valence-electron chi connectivity index (χ3n) is 3.03. The highest BCUT2D eigenvalue weighted by molar-refractivity contribution is 5.51. The molecule has 2 aromatic rings. The second-order valence-electron chi connectivity index (χ2n) is 4.46. The van der Waals surface area contributed by atoms with Crippen LogP contribution in [0.2, 0.25) is 0 Å². The maximum absolute atomic E-state index is 6.02. The Bertz CT molecular complexity index is 492. The van der Waals surface area contributed by atoms with Crippen molar-refractivity contribution in [2.24, 2.45) is 11.7 Å². The Labute approximate surface area is 99.1 Å². The molecule has 5 nitrogen and oxygen atoms in total. The molecule has 88 valence electrons. The van der Waals surface area contributed by atoms with Gasteiger partial charge in [0.2, 0.25) is 11.7 Å². The lowest BCUT2D eigenvalue weighted by Crippen LogP contribution is -2.25. The Kier molecular flexibility index (Phi) is 2.60. The molecular weight excluding hydrogens is 216 g/mol. The Balaban J connectivity index is 1.74. The van der Waals surface area contributed by atoms with Crippen LogP contribution >= 0.6 is 0 Å². The number of nitrogens with zero attached hydrogens (tertiary/aromatic N) is 3. The van der Waals surface area contributed by atoms with Gasteiger partial charge < -0.3 is 10.3 Å². The molecule has 2 aromatic heterocycles. The highest BCUT2D eigenvalue weighted by Crippen LogP contribution is 2.32. The molecular formula is C12H14N4O. The average molecular weight is 230 g/mol. The smallest absolute Gasteiger partial charge is 0.228 e. The maximum Gasteiger partial charge on any atom is 0.228 e. The number of rotatable bonds is 4. The van der Waals surface area contributed by atoms with E-state index >= 15 is 0 Å². The first-order chi connectivity index (χ1) is 8.33. The van der Waals surface area contributed by atoms with Gasteiger partial charge in [-0.3, -0.25) is 4.98 Å². The highest BCUT2D eigenvalue weighted by Gasteiger charge is 2.29. The molecule has 0 radical (unpaired) electrons. The molecule has 0 amide bonds. The molecule has 0 aliphatic heterocycles. The van der Waals surface area contributed by atoms with E-state index in [1.807, 2.05) is 12.1 Å². The van der Waals surface area contributed by atoms with E-state index < -0.39 is 0 Å². The Morgan fingerprint density at radius 2 is 2.35 bits per heavy atom. The predicted octanol–water partition coefficient (Wildman–Crippen LogP) is 1.41. The van der Waals surface area contributed by atoms with Crippen LogP contribution in [-0.2, 0) is 6.42 Å². The monoisotopic (exact) mass is 230 g/mol. The van der Waals surface area contributed by atoms with E-state index in [4.69, 9.17) is 10.3 Å². The van der Waals surface area contributed by atoms with Crippen LogP contribution in [0.3, 0.4) is 0 Å². The molecule has 1 saturated carbocycles. The SMILES string of the molecule is NC(Cc1nc(-c2cccnc2)no1)C1CC1. The summed E-state index contributed by atoms with van der Waals surface area (Å²) in [5.41, 5.74) is 6.88. The van der Waals surface area contributed by atoms with Gasteiger partial charge >= 0.3 is 0 Å². The van der Waals surface area contributed by atoms with Gasteiger partial charge in [0.15, 0.2) is 0 Å². The van der Waals surface area contributed by atoms with Crippen LogP contribution in [0.15, 0.2) is 29.0 Å². The molecule has 1 atom stereocenters. The largest absolute Gasteiger partial charge is 0.339 e. The van der Waals surface area contributed by atoms with Crippen LogP contribution in [0.25, 0.3) is 11.4 Å². The van der Waals surface area contributed by atoms with Gasteiger partial charge in [-0.1, -0.05) is 5.16 Å². The number of hydrogen-bond donors (Lipinski definition) is 1. The fourth-order valence-electron chi connectivity index (χ4n) is 1.84. The van der Waals surface area contributed by atoms with E-state index in [0.717, 1.165) is 5.56 Å². The van der Waals surface area contributed by atoms with Crippen LogP contribution in [0.1, 0.15) is 18.7 Å². The molecule has 0 aromatic carbocycles. The van der Waals surface area contributed by atoms with Crippen molar-refractivity contribution in [3.63, 3.8) is 0 Å². The van der Waals surface area contributed by atoms with Gasteiger partial charge in [-0.2, -0.15) is 4.98 Å². The first-order valence-electron chi connectivity index (χ1n) is 5.81. The molecule has 1 unspecified atom stereocenters. The van der Waals surface area contributed by atoms with E-state index in [2.05, 4.69) is 15.1 Å². The summed E-state index contributed by atoms with van der Waals surface area (Å²) < 4.78 is 5.20. The van der Waals surface area contributed by atoms with Crippen LogP contribution < -0.4 is 5.73 Å². The summed E-state index contributed by atoms with van der Waals surface area (Å²) in [4.78, 5) is 8.36. The van der Waals surface area contributed by atoms with E-state index in [1.165, 1.54) is 12.8 Å². The Morgan fingerprint density at radius 1 is 1.47 bits per heavy atom. The third-order valence-corrected chi connectivity index (χ3v) is 3.03. The summed E-state index contributed by atoms with van der Waals surface area (Å²) in [6, 6.07) is 3.90. The zero-order valence-electron chi connectivity index (χ0n) is 9.41. The van der Waals surface area contributed by atoms with Crippen molar-refractivity contribution in [3.8, 4) is 11.4 Å². The second kappa shape index (κ2) is 4.25. The Hall–Kier alpha value is -1.75. The molecule has 1 aliphatic carbocycles. The lowest BCUT2D eigenvalue weighted by Gasteiger charge is -2.04. The van der Waals surface area contributed by atoms with E-state index in [-0.39, 0.29) is 6.04 Å². The molecule has 0 saturated heterocycles. The van der Waals surface area contributed by atoms with Crippen LogP contribution in [0.4, 0.5) is 0 Å². The molecule has 0 bridgehead atoms. The zero-order valence-corrected chi connectivity index (χ0v) is 9.41. The van der Waals surface area contributed by atoms with Gasteiger partial charge in [0, 0.05) is 30.4 Å². The highest BCUT2D eigenvalue weighted by atomic mass is 16.5. The van der Waals surface area contributed by atoms with Gasteiger partial charge in [-0.05, 0) is 30.9 Å². The number of pyridine rings is 1. The Morgan fingerprint density at radius 3 is 3.06 bits per heavy atom. The van der Waals surface area contributed by atoms with Gasteiger partial charge in [-0.15, -0.1) is 0 Å². The first kappa shape index (κ1) is 10.4. The molecule has 0 spiro atoms. The van der Waals surface area contributed by atoms with Crippen molar-refractivity contribution in [2.75, 3.05) is 0 Å². The fraction of sp³-hybridized carbons (Fsp3) is 0.417. The standard InChI is InChI=1S/C12H14N4O/c13-10(8-3-4-8)6-11-15-12(16-17-11)9-2-1-5-14-7-9/h1-2,5,7-8,10H,3-4,6,13H2. The lowest BCUT2D eigenvalue weighted by molar-refractivity contribution is 0.364. The van der Waals surface area contributed by atoms with Crippen LogP contribution in [0.5, 0.6) is 0 Å². The molecule has 17 heavy (non-hydrogen) atoms. The van der Waals surface area contributed by atoms with Crippen molar-refractivity contribution in [3.05, 3.63) is 30.4 Å². The van der Waals surface area contributed by atoms with E-state index in [1.54, 1.807) is 12.4 Å². The summed E-state index contributed by atoms with van der Waals surface area (Å²) in [6.45, 7) is 0. The molecule has 1 aliphatic rings. The summed E-state index contributed by atoms with van der Waals surface area (Å²) in [6.07, 6.45) is 6.55. The van der Waals surface area contributed by atoms with Gasteiger partial charge in [-0.25, -0.2) is 0 Å². The van der Waals surface area contributed by atoms with Crippen molar-refractivity contribution in [2.45, 2.75) is 25.3 Å². The quantitative estimate of drug-likeness (QED) is 0.859. The molecule has 2 heterocycles. The summed E-state index contributed by atoms with van der Waals surface area (Å²) in [5.74, 6) is 1.84. The number of aromatic nitrogens is 3. The molecule has 2 N–H and O–H groups in total. The lowest BCUT2D eigenvalue weighted by atomic mass is 10.1. The van der Waals surface area contributed by atoms with Crippen molar-refractivity contribution >= 4 is 0 Å². The minimum Gasteiger partial charge on any atom is -0.339 e. The average Bonchev–Trinajstić information content (AvgIpc) is 3.12. The van der Waals surface area contributed by atoms with Crippen molar-refractivity contribution in [1.82, 2.24) is 15.1 Å². The van der Waals surface area contributed by atoms with Gasteiger partial charge in [0.05, 0.1) is 0 Å². The van der Waals surface area contributed by atoms with E-state index in [9.17, 15) is 0 Å². The molecule has 3 rings (SSSR count). The third kappa shape index (κ3) is 2.34. The summed E-state index contributed by atoms with van der Waals surface area (Å²) in [7, 11) is 0. The minimum atomic E-state index is 0.150. The molecule has 1 fully saturated rings. The van der Waals surface area contributed by atoms with Crippen LogP contribution in [0, 0.1) is 5.92 Å².